The quantitative estimate of drug-likeness (QED) is 0.211. The van der Waals surface area contributed by atoms with Gasteiger partial charge in [-0.3, -0.25) is 4.79 Å². The molecule has 1 aromatic carbocycles. The van der Waals surface area contributed by atoms with Gasteiger partial charge in [0.25, 0.3) is 0 Å². The molecule has 30 heavy (non-hydrogen) atoms. The zero-order chi connectivity index (χ0) is 20.3. The lowest BCUT2D eigenvalue weighted by molar-refractivity contribution is -0.128. The highest BCUT2D eigenvalue weighted by molar-refractivity contribution is 14.0. The van der Waals surface area contributed by atoms with E-state index in [1.807, 2.05) is 17.0 Å². The van der Waals surface area contributed by atoms with Crippen molar-refractivity contribution >= 4 is 35.8 Å². The van der Waals surface area contributed by atoms with Crippen LogP contribution in [0.5, 0.6) is 0 Å². The third-order valence-corrected chi connectivity index (χ3v) is 5.26. The fraction of sp³-hybridized carbons (Fsp3) is 0.636. The molecule has 0 aliphatic carbocycles. The molecule has 3 rings (SSSR count). The van der Waals surface area contributed by atoms with Crippen LogP contribution in [-0.2, 0) is 27.4 Å². The molecule has 168 valence electrons. The summed E-state index contributed by atoms with van der Waals surface area (Å²) in [6.07, 6.45) is 3.82. The molecule has 2 heterocycles. The highest BCUT2D eigenvalue weighted by Gasteiger charge is 2.20. The monoisotopic (exact) mass is 530 g/mol. The molecule has 1 atom stereocenters. The average Bonchev–Trinajstić information content (AvgIpc) is 3.39. The van der Waals surface area contributed by atoms with Crippen molar-refractivity contribution in [3.8, 4) is 0 Å². The zero-order valence-corrected chi connectivity index (χ0v) is 20.2. The summed E-state index contributed by atoms with van der Waals surface area (Å²) < 4.78 is 11.1. The second-order valence-electron chi connectivity index (χ2n) is 7.52. The molecule has 2 N–H and O–H groups in total. The van der Waals surface area contributed by atoms with Crippen LogP contribution in [-0.4, -0.2) is 62.3 Å². The number of guanidine groups is 1. The topological polar surface area (TPSA) is 75.2 Å². The molecule has 1 aromatic rings. The van der Waals surface area contributed by atoms with E-state index in [9.17, 15) is 4.79 Å². The molecule has 1 amide bonds. The molecule has 0 saturated carbocycles. The Labute approximate surface area is 197 Å². The number of likely N-dealkylation sites (tertiary alicyclic amines) is 1. The number of hydrogen-bond acceptors (Lipinski definition) is 4. The first-order valence-corrected chi connectivity index (χ1v) is 10.8. The van der Waals surface area contributed by atoms with Crippen molar-refractivity contribution < 1.29 is 14.3 Å². The van der Waals surface area contributed by atoms with Gasteiger partial charge in [-0.05, 0) is 37.3 Å². The van der Waals surface area contributed by atoms with E-state index in [0.717, 1.165) is 70.2 Å². The number of amides is 1. The normalized spacial score (nSPS) is 19.1. The molecule has 0 spiro atoms. The maximum Gasteiger partial charge on any atom is 0.222 e. The third-order valence-electron chi connectivity index (χ3n) is 5.26. The Morgan fingerprint density at radius 1 is 1.30 bits per heavy atom. The SMILES string of the molecule is CCNC(=NCc1ccccc1CN1CCCC1=O)NCCCOC1CCOC1.I. The van der Waals surface area contributed by atoms with Crippen LogP contribution in [0.2, 0.25) is 0 Å². The predicted molar refractivity (Wildman–Crippen MR) is 129 cm³/mol. The summed E-state index contributed by atoms with van der Waals surface area (Å²) >= 11 is 0. The van der Waals surface area contributed by atoms with Crippen LogP contribution < -0.4 is 10.6 Å². The molecular weight excluding hydrogens is 495 g/mol. The first kappa shape index (κ1) is 24.9. The summed E-state index contributed by atoms with van der Waals surface area (Å²) in [5.74, 6) is 1.06. The summed E-state index contributed by atoms with van der Waals surface area (Å²) in [5.41, 5.74) is 2.34. The zero-order valence-electron chi connectivity index (χ0n) is 17.9. The number of benzene rings is 1. The second-order valence-corrected chi connectivity index (χ2v) is 7.52. The van der Waals surface area contributed by atoms with Crippen LogP contribution in [0, 0.1) is 0 Å². The number of nitrogens with one attached hydrogen (secondary N) is 2. The van der Waals surface area contributed by atoms with E-state index in [0.29, 0.717) is 19.5 Å². The summed E-state index contributed by atoms with van der Waals surface area (Å²) in [5, 5.41) is 6.68. The van der Waals surface area contributed by atoms with Gasteiger partial charge in [0.15, 0.2) is 5.96 Å². The van der Waals surface area contributed by atoms with E-state index in [-0.39, 0.29) is 36.0 Å². The smallest absolute Gasteiger partial charge is 0.222 e. The number of carbonyl (C=O) groups is 1. The van der Waals surface area contributed by atoms with Crippen molar-refractivity contribution in [3.05, 3.63) is 35.4 Å². The minimum Gasteiger partial charge on any atom is -0.379 e. The molecule has 0 radical (unpaired) electrons. The molecule has 8 heteroatoms. The molecule has 7 nitrogen and oxygen atoms in total. The van der Waals surface area contributed by atoms with Gasteiger partial charge in [-0.25, -0.2) is 4.99 Å². The van der Waals surface area contributed by atoms with Crippen LogP contribution in [0.3, 0.4) is 0 Å². The lowest BCUT2D eigenvalue weighted by Crippen LogP contribution is -2.38. The van der Waals surface area contributed by atoms with E-state index >= 15 is 0 Å². The first-order chi connectivity index (χ1) is 14.3. The van der Waals surface area contributed by atoms with Gasteiger partial charge in [-0.15, -0.1) is 24.0 Å². The van der Waals surface area contributed by atoms with Gasteiger partial charge in [0.2, 0.25) is 5.91 Å². The van der Waals surface area contributed by atoms with Gasteiger partial charge in [0.1, 0.15) is 0 Å². The minimum atomic E-state index is 0. The maximum atomic E-state index is 12.0. The first-order valence-electron chi connectivity index (χ1n) is 10.8. The summed E-state index contributed by atoms with van der Waals surface area (Å²) in [7, 11) is 0. The molecule has 2 aliphatic rings. The van der Waals surface area contributed by atoms with Crippen molar-refractivity contribution in [2.45, 2.75) is 51.8 Å². The van der Waals surface area contributed by atoms with Crippen LogP contribution in [0.4, 0.5) is 0 Å². The van der Waals surface area contributed by atoms with E-state index < -0.39 is 0 Å². The van der Waals surface area contributed by atoms with E-state index in [4.69, 9.17) is 14.5 Å². The Hall–Kier alpha value is -1.39. The second kappa shape index (κ2) is 13.8. The number of ether oxygens (including phenoxy) is 2. The molecular formula is C22H35IN4O3. The van der Waals surface area contributed by atoms with E-state index in [1.165, 1.54) is 5.56 Å². The standard InChI is InChI=1S/C22H34N4O3.HI/c1-2-23-22(24-11-6-13-29-20-10-14-28-17-20)25-15-18-7-3-4-8-19(18)16-26-12-5-9-21(26)27;/h3-4,7-8,20H,2,5-6,9-17H2,1H3,(H2,23,24,25);1H. The Bertz CT molecular complexity index is 680. The van der Waals surface area contributed by atoms with Crippen LogP contribution in [0.25, 0.3) is 0 Å². The number of aliphatic imine (C=N–C) groups is 1. The maximum absolute atomic E-state index is 12.0. The Balaban J connectivity index is 0.00000320. The number of nitrogens with zero attached hydrogens (tertiary/aromatic N) is 2. The Morgan fingerprint density at radius 2 is 2.13 bits per heavy atom. The largest absolute Gasteiger partial charge is 0.379 e. The summed E-state index contributed by atoms with van der Waals surface area (Å²) in [6, 6.07) is 8.26. The highest BCUT2D eigenvalue weighted by atomic mass is 127. The number of hydrogen-bond donors (Lipinski definition) is 2. The minimum absolute atomic E-state index is 0. The lowest BCUT2D eigenvalue weighted by atomic mass is 10.1. The fourth-order valence-electron chi connectivity index (χ4n) is 3.62. The van der Waals surface area contributed by atoms with Crippen LogP contribution in [0.1, 0.15) is 43.7 Å². The number of halogens is 1. The summed E-state index contributed by atoms with van der Waals surface area (Å²) in [4.78, 5) is 18.6. The molecule has 2 saturated heterocycles. The van der Waals surface area contributed by atoms with Crippen LogP contribution in [0.15, 0.2) is 29.3 Å². The van der Waals surface area contributed by atoms with Crippen molar-refractivity contribution in [3.63, 3.8) is 0 Å². The molecule has 0 bridgehead atoms. The highest BCUT2D eigenvalue weighted by Crippen LogP contribution is 2.17. The van der Waals surface area contributed by atoms with Crippen molar-refractivity contribution in [1.82, 2.24) is 15.5 Å². The predicted octanol–water partition coefficient (Wildman–Crippen LogP) is 2.68. The lowest BCUT2D eigenvalue weighted by Gasteiger charge is -2.18. The van der Waals surface area contributed by atoms with E-state index in [1.54, 1.807) is 0 Å². The number of rotatable bonds is 10. The van der Waals surface area contributed by atoms with Gasteiger partial charge in [-0.1, -0.05) is 24.3 Å². The van der Waals surface area contributed by atoms with E-state index in [2.05, 4.69) is 29.7 Å². The number of carbonyl (C=O) groups excluding carboxylic acids is 1. The average molecular weight is 530 g/mol. The van der Waals surface area contributed by atoms with Gasteiger partial charge in [0, 0.05) is 45.8 Å². The summed E-state index contributed by atoms with van der Waals surface area (Å²) in [6.45, 7) is 8.07. The third kappa shape index (κ3) is 8.03. The Morgan fingerprint density at radius 3 is 2.83 bits per heavy atom. The van der Waals surface area contributed by atoms with Gasteiger partial charge in [0.05, 0.1) is 19.3 Å². The van der Waals surface area contributed by atoms with Crippen molar-refractivity contribution in [2.75, 3.05) is 39.5 Å². The molecule has 1 unspecified atom stereocenters. The molecule has 0 aromatic heterocycles. The fourth-order valence-corrected chi connectivity index (χ4v) is 3.62. The van der Waals surface area contributed by atoms with Crippen LogP contribution >= 0.6 is 24.0 Å². The Kier molecular flexibility index (Phi) is 11.5. The molecule has 2 aliphatic heterocycles. The molecule has 2 fully saturated rings. The van der Waals surface area contributed by atoms with Crippen molar-refractivity contribution in [1.29, 1.82) is 0 Å². The van der Waals surface area contributed by atoms with Crippen molar-refractivity contribution in [2.24, 2.45) is 4.99 Å². The van der Waals surface area contributed by atoms with Gasteiger partial charge in [-0.2, -0.15) is 0 Å². The van der Waals surface area contributed by atoms with Gasteiger partial charge >= 0.3 is 0 Å². The van der Waals surface area contributed by atoms with Gasteiger partial charge < -0.3 is 25.0 Å².